The fourth-order valence-electron chi connectivity index (χ4n) is 1.51. The van der Waals surface area contributed by atoms with Crippen LogP contribution in [0.3, 0.4) is 0 Å². The molecule has 2 heterocycles. The number of ether oxygens (including phenoxy) is 1. The molecular formula is C11H11F2N3O2S2. The van der Waals surface area contributed by atoms with Crippen LogP contribution in [-0.2, 0) is 16.6 Å². The summed E-state index contributed by atoms with van der Waals surface area (Å²) >= 11 is 2.47. The first-order chi connectivity index (χ1) is 9.54. The van der Waals surface area contributed by atoms with Crippen LogP contribution in [0.2, 0.25) is 0 Å². The molecule has 108 valence electrons. The van der Waals surface area contributed by atoms with Crippen molar-refractivity contribution in [3.63, 3.8) is 0 Å². The predicted molar refractivity (Wildman–Crippen MR) is 70.9 cm³/mol. The molecule has 0 saturated carbocycles. The number of rotatable bonds is 5. The molecule has 0 spiro atoms. The number of hydrogen-bond acceptors (Lipinski definition) is 6. The summed E-state index contributed by atoms with van der Waals surface area (Å²) in [4.78, 5) is 11.8. The van der Waals surface area contributed by atoms with Gasteiger partial charge in [0.1, 0.15) is 5.25 Å². The van der Waals surface area contributed by atoms with Crippen molar-refractivity contribution in [2.24, 2.45) is 7.05 Å². The highest BCUT2D eigenvalue weighted by molar-refractivity contribution is 8.00. The molecule has 0 radical (unpaired) electrons. The number of nitrogens with zero attached hydrogens (tertiary/aromatic N) is 3. The fraction of sp³-hybridized carbons (Fsp3) is 0.364. The lowest BCUT2D eigenvalue weighted by Gasteiger charge is -2.12. The van der Waals surface area contributed by atoms with Crippen molar-refractivity contribution in [2.45, 2.75) is 16.8 Å². The van der Waals surface area contributed by atoms with E-state index in [4.69, 9.17) is 4.74 Å². The summed E-state index contributed by atoms with van der Waals surface area (Å²) in [5, 5.41) is 10.3. The maximum Gasteiger partial charge on any atom is 0.323 e. The summed E-state index contributed by atoms with van der Waals surface area (Å²) in [6.07, 6.45) is -2.71. The van der Waals surface area contributed by atoms with E-state index < -0.39 is 23.5 Å². The Labute approximate surface area is 122 Å². The third-order valence-electron chi connectivity index (χ3n) is 2.55. The van der Waals surface area contributed by atoms with E-state index in [0.717, 1.165) is 17.3 Å². The standard InChI is InChI=1S/C11H11F2N3O2S2/c1-16-9(8(12)13)14-15-11(16)20-7(10(17)18-2)6-3-4-19-5-6/h3-5,7-8H,1-2H3/t7-/m0/s1. The van der Waals surface area contributed by atoms with E-state index in [1.807, 2.05) is 5.38 Å². The van der Waals surface area contributed by atoms with E-state index in [1.54, 1.807) is 11.4 Å². The van der Waals surface area contributed by atoms with Gasteiger partial charge < -0.3 is 9.30 Å². The van der Waals surface area contributed by atoms with Crippen LogP contribution in [0.25, 0.3) is 0 Å². The van der Waals surface area contributed by atoms with E-state index in [0.29, 0.717) is 0 Å². The predicted octanol–water partition coefficient (Wildman–Crippen LogP) is 2.82. The minimum Gasteiger partial charge on any atom is -0.468 e. The fourth-order valence-corrected chi connectivity index (χ4v) is 3.31. The van der Waals surface area contributed by atoms with Crippen molar-refractivity contribution in [1.29, 1.82) is 0 Å². The van der Waals surface area contributed by atoms with E-state index in [1.165, 1.54) is 30.1 Å². The molecule has 1 atom stereocenters. The minimum absolute atomic E-state index is 0.238. The molecule has 0 saturated heterocycles. The molecule has 2 aromatic heterocycles. The van der Waals surface area contributed by atoms with Crippen LogP contribution in [0.5, 0.6) is 0 Å². The summed E-state index contributed by atoms with van der Waals surface area (Å²) < 4.78 is 31.2. The van der Waals surface area contributed by atoms with E-state index in [2.05, 4.69) is 10.2 Å². The Morgan fingerprint density at radius 1 is 1.50 bits per heavy atom. The summed E-state index contributed by atoms with van der Waals surface area (Å²) in [7, 11) is 2.72. The lowest BCUT2D eigenvalue weighted by atomic mass is 10.2. The van der Waals surface area contributed by atoms with Gasteiger partial charge in [-0.2, -0.15) is 11.3 Å². The Bertz CT molecular complexity index is 587. The first-order valence-corrected chi connectivity index (χ1v) is 7.30. The molecule has 0 aliphatic rings. The summed E-state index contributed by atoms with van der Waals surface area (Å²) in [5.74, 6) is -0.892. The second-order valence-corrected chi connectivity index (χ2v) is 5.63. The highest BCUT2D eigenvalue weighted by Gasteiger charge is 2.27. The van der Waals surface area contributed by atoms with Gasteiger partial charge in [-0.15, -0.1) is 10.2 Å². The Hall–Kier alpha value is -1.48. The van der Waals surface area contributed by atoms with E-state index >= 15 is 0 Å². The largest absolute Gasteiger partial charge is 0.468 e. The zero-order chi connectivity index (χ0) is 14.7. The van der Waals surface area contributed by atoms with Gasteiger partial charge >= 0.3 is 5.97 Å². The van der Waals surface area contributed by atoms with E-state index in [-0.39, 0.29) is 5.16 Å². The van der Waals surface area contributed by atoms with Crippen LogP contribution in [0, 0.1) is 0 Å². The zero-order valence-corrected chi connectivity index (χ0v) is 12.3. The lowest BCUT2D eigenvalue weighted by Crippen LogP contribution is -2.11. The van der Waals surface area contributed by atoms with Gasteiger partial charge in [-0.05, 0) is 22.4 Å². The highest BCUT2D eigenvalue weighted by atomic mass is 32.2. The monoisotopic (exact) mass is 319 g/mol. The molecule has 0 bridgehead atoms. The number of carbonyl (C=O) groups is 1. The van der Waals surface area contributed by atoms with E-state index in [9.17, 15) is 13.6 Å². The van der Waals surface area contributed by atoms with Gasteiger partial charge in [0, 0.05) is 7.05 Å². The minimum atomic E-state index is -2.71. The van der Waals surface area contributed by atoms with Gasteiger partial charge in [0.25, 0.3) is 6.43 Å². The first kappa shape index (κ1) is 14.9. The average Bonchev–Trinajstić information content (AvgIpc) is 3.05. The van der Waals surface area contributed by atoms with Crippen LogP contribution < -0.4 is 0 Å². The van der Waals surface area contributed by atoms with Crippen molar-refractivity contribution in [3.05, 3.63) is 28.2 Å². The molecule has 0 aliphatic heterocycles. The quantitative estimate of drug-likeness (QED) is 0.626. The van der Waals surface area contributed by atoms with Crippen LogP contribution in [0.1, 0.15) is 23.1 Å². The normalized spacial score (nSPS) is 12.7. The molecule has 0 amide bonds. The molecule has 0 N–H and O–H groups in total. The highest BCUT2D eigenvalue weighted by Crippen LogP contribution is 2.36. The molecule has 9 heteroatoms. The molecule has 5 nitrogen and oxygen atoms in total. The SMILES string of the molecule is COC(=O)[C@@H](Sc1nnc(C(F)F)n1C)c1ccsc1. The third-order valence-corrected chi connectivity index (χ3v) is 4.52. The third kappa shape index (κ3) is 2.98. The maximum atomic E-state index is 12.7. The number of carbonyl (C=O) groups excluding carboxylic acids is 1. The maximum absolute atomic E-state index is 12.7. The van der Waals surface area contributed by atoms with Gasteiger partial charge in [-0.1, -0.05) is 11.8 Å². The number of thiophene rings is 1. The van der Waals surface area contributed by atoms with Crippen LogP contribution >= 0.6 is 23.1 Å². The molecule has 0 unspecified atom stereocenters. The van der Waals surface area contributed by atoms with Crippen molar-refractivity contribution in [2.75, 3.05) is 7.11 Å². The van der Waals surface area contributed by atoms with Gasteiger partial charge in [0.15, 0.2) is 5.16 Å². The van der Waals surface area contributed by atoms with Gasteiger partial charge in [-0.25, -0.2) is 8.78 Å². The van der Waals surface area contributed by atoms with Crippen LogP contribution in [0.4, 0.5) is 8.78 Å². The lowest BCUT2D eigenvalue weighted by molar-refractivity contribution is -0.140. The van der Waals surface area contributed by atoms with Crippen molar-refractivity contribution in [1.82, 2.24) is 14.8 Å². The van der Waals surface area contributed by atoms with Crippen molar-refractivity contribution >= 4 is 29.1 Å². The molecule has 2 aromatic rings. The van der Waals surface area contributed by atoms with Crippen molar-refractivity contribution < 1.29 is 18.3 Å². The number of alkyl halides is 2. The Morgan fingerprint density at radius 3 is 2.75 bits per heavy atom. The molecule has 2 rings (SSSR count). The topological polar surface area (TPSA) is 57.0 Å². The van der Waals surface area contributed by atoms with Gasteiger partial charge in [0.2, 0.25) is 5.82 Å². The number of halogens is 2. The van der Waals surface area contributed by atoms with Crippen molar-refractivity contribution in [3.8, 4) is 0 Å². The second kappa shape index (κ2) is 6.31. The summed E-state index contributed by atoms with van der Waals surface area (Å²) in [5.41, 5.74) is 0.744. The summed E-state index contributed by atoms with van der Waals surface area (Å²) in [6.45, 7) is 0. The number of aromatic nitrogens is 3. The smallest absolute Gasteiger partial charge is 0.323 e. The molecule has 0 aliphatic carbocycles. The number of thioether (sulfide) groups is 1. The first-order valence-electron chi connectivity index (χ1n) is 5.48. The molecule has 0 aromatic carbocycles. The number of hydrogen-bond donors (Lipinski definition) is 0. The van der Waals surface area contributed by atoms with Crippen LogP contribution in [0.15, 0.2) is 22.0 Å². The molecule has 0 fully saturated rings. The second-order valence-electron chi connectivity index (χ2n) is 3.78. The van der Waals surface area contributed by atoms with Gasteiger partial charge in [0.05, 0.1) is 7.11 Å². The zero-order valence-electron chi connectivity index (χ0n) is 10.6. The molecule has 20 heavy (non-hydrogen) atoms. The number of methoxy groups -OCH3 is 1. The average molecular weight is 319 g/mol. The Balaban J connectivity index is 2.27. The van der Waals surface area contributed by atoms with Crippen LogP contribution in [-0.4, -0.2) is 27.8 Å². The summed E-state index contributed by atoms with van der Waals surface area (Å²) in [6, 6.07) is 1.78. The number of esters is 1. The van der Waals surface area contributed by atoms with Gasteiger partial charge in [-0.3, -0.25) is 4.79 Å². The Morgan fingerprint density at radius 2 is 2.25 bits per heavy atom. The Kier molecular flexibility index (Phi) is 4.71. The molecular weight excluding hydrogens is 308 g/mol.